The van der Waals surface area contributed by atoms with Crippen LogP contribution in [0.25, 0.3) is 16.9 Å². The fraction of sp³-hybridized carbons (Fsp3) is 0.154. The van der Waals surface area contributed by atoms with Gasteiger partial charge in [-0.05, 0) is 26.0 Å². The van der Waals surface area contributed by atoms with Crippen molar-refractivity contribution in [3.05, 3.63) is 56.5 Å². The van der Waals surface area contributed by atoms with Gasteiger partial charge in [0.05, 0.1) is 5.69 Å². The van der Waals surface area contributed by atoms with Crippen LogP contribution in [0.4, 0.5) is 0 Å². The van der Waals surface area contributed by atoms with Crippen molar-refractivity contribution in [2.45, 2.75) is 13.8 Å². The summed E-state index contributed by atoms with van der Waals surface area (Å²) in [6.07, 6.45) is 0. The molecule has 6 nitrogen and oxygen atoms in total. The lowest BCUT2D eigenvalue weighted by Crippen LogP contribution is -2.19. The molecule has 0 spiro atoms. The Balaban J connectivity index is 2.41. The number of hydrogen-bond acceptors (Lipinski definition) is 3. The Hall–Kier alpha value is -2.63. The first kappa shape index (κ1) is 11.5. The Kier molecular flexibility index (Phi) is 2.38. The maximum atomic E-state index is 12.0. The number of H-pyrrole nitrogens is 2. The van der Waals surface area contributed by atoms with Gasteiger partial charge in [0.15, 0.2) is 11.2 Å². The van der Waals surface area contributed by atoms with Crippen molar-refractivity contribution in [1.29, 1.82) is 0 Å². The van der Waals surface area contributed by atoms with Crippen molar-refractivity contribution in [2.24, 2.45) is 0 Å². The fourth-order valence-corrected chi connectivity index (χ4v) is 2.07. The number of fused-ring (bicyclic) bond motifs is 1. The Bertz CT molecular complexity index is 868. The zero-order valence-electron chi connectivity index (χ0n) is 10.5. The van der Waals surface area contributed by atoms with Gasteiger partial charge in [0.2, 0.25) is 0 Å². The summed E-state index contributed by atoms with van der Waals surface area (Å²) in [6, 6.07) is 7.36. The Morgan fingerprint density at radius 1 is 1.05 bits per heavy atom. The Morgan fingerprint density at radius 2 is 1.74 bits per heavy atom. The number of aromatic amines is 2. The van der Waals surface area contributed by atoms with Crippen LogP contribution in [-0.4, -0.2) is 19.5 Å². The molecule has 0 aliphatic carbocycles. The molecule has 0 fully saturated rings. The maximum absolute atomic E-state index is 12.0. The van der Waals surface area contributed by atoms with E-state index in [9.17, 15) is 9.59 Å². The van der Waals surface area contributed by atoms with Gasteiger partial charge in [-0.15, -0.1) is 0 Å². The van der Waals surface area contributed by atoms with E-state index in [1.54, 1.807) is 19.1 Å². The summed E-state index contributed by atoms with van der Waals surface area (Å²) in [6.45, 7) is 3.63. The molecule has 0 aliphatic heterocycles. The number of imidazole rings is 1. The van der Waals surface area contributed by atoms with Crippen molar-refractivity contribution in [2.75, 3.05) is 0 Å². The highest BCUT2D eigenvalue weighted by Gasteiger charge is 2.13. The maximum Gasteiger partial charge on any atom is 0.332 e. The van der Waals surface area contributed by atoms with Gasteiger partial charge in [0.1, 0.15) is 5.82 Å². The molecule has 0 unspecified atom stereocenters. The van der Waals surface area contributed by atoms with Crippen molar-refractivity contribution in [3.8, 4) is 5.69 Å². The second-order valence-corrected chi connectivity index (χ2v) is 4.45. The normalized spacial score (nSPS) is 11.1. The van der Waals surface area contributed by atoms with Gasteiger partial charge < -0.3 is 4.98 Å². The average molecular weight is 256 g/mol. The third-order valence-electron chi connectivity index (χ3n) is 2.96. The van der Waals surface area contributed by atoms with Crippen molar-refractivity contribution in [1.82, 2.24) is 19.5 Å². The van der Waals surface area contributed by atoms with E-state index >= 15 is 0 Å². The first-order chi connectivity index (χ1) is 9.06. The molecular weight excluding hydrogens is 244 g/mol. The molecule has 0 amide bonds. The van der Waals surface area contributed by atoms with E-state index < -0.39 is 0 Å². The van der Waals surface area contributed by atoms with E-state index in [-0.39, 0.29) is 16.8 Å². The number of benzene rings is 1. The molecule has 3 aromatic rings. The summed E-state index contributed by atoms with van der Waals surface area (Å²) < 4.78 is 1.33. The van der Waals surface area contributed by atoms with Gasteiger partial charge in [0.25, 0.3) is 5.56 Å². The van der Waals surface area contributed by atoms with Crippen LogP contribution in [0.15, 0.2) is 33.9 Å². The van der Waals surface area contributed by atoms with Crippen LogP contribution in [0.3, 0.4) is 0 Å². The molecule has 0 saturated heterocycles. The minimum absolute atomic E-state index is 0.236. The van der Waals surface area contributed by atoms with E-state index in [4.69, 9.17) is 0 Å². The highest BCUT2D eigenvalue weighted by Crippen LogP contribution is 2.11. The number of aromatic nitrogens is 4. The lowest BCUT2D eigenvalue weighted by Gasteiger charge is -2.03. The second kappa shape index (κ2) is 3.94. The summed E-state index contributed by atoms with van der Waals surface area (Å²) >= 11 is 0. The zero-order chi connectivity index (χ0) is 13.6. The molecule has 0 aliphatic rings. The van der Waals surface area contributed by atoms with Crippen molar-refractivity contribution >= 4 is 11.2 Å². The molecule has 96 valence electrons. The topological polar surface area (TPSA) is 83.5 Å². The molecule has 0 bridgehead atoms. The largest absolute Gasteiger partial charge is 0.332 e. The molecule has 3 rings (SSSR count). The molecule has 6 heteroatoms. The first-order valence-electron chi connectivity index (χ1n) is 5.85. The molecule has 0 atom stereocenters. The molecule has 0 radical (unpaired) electrons. The molecule has 0 saturated carbocycles. The SMILES string of the molecule is Cc1ccc(-n2c(=O)[nH]c3nc(C)[nH]c(=O)c32)cc1. The van der Waals surface area contributed by atoms with E-state index in [0.717, 1.165) is 5.56 Å². The summed E-state index contributed by atoms with van der Waals surface area (Å²) in [7, 11) is 0. The molecular formula is C13H12N4O2. The lowest BCUT2D eigenvalue weighted by atomic mass is 10.2. The summed E-state index contributed by atoms with van der Waals surface area (Å²) in [5.74, 6) is 0.467. The summed E-state index contributed by atoms with van der Waals surface area (Å²) in [4.78, 5) is 33.3. The zero-order valence-corrected chi connectivity index (χ0v) is 10.5. The van der Waals surface area contributed by atoms with Crippen molar-refractivity contribution < 1.29 is 0 Å². The van der Waals surface area contributed by atoms with Gasteiger partial charge in [-0.2, -0.15) is 0 Å². The highest BCUT2D eigenvalue weighted by molar-refractivity contribution is 5.72. The number of nitrogens with one attached hydrogen (secondary N) is 2. The number of nitrogens with zero attached hydrogens (tertiary/aromatic N) is 2. The standard InChI is InChI=1S/C13H12N4O2/c1-7-3-5-9(6-4-7)17-10-11(16-13(17)19)14-8(2)15-12(10)18/h3-6H,1-2H3,(H2,14,15,16,18,19). The number of hydrogen-bond donors (Lipinski definition) is 2. The van der Waals surface area contributed by atoms with Crippen molar-refractivity contribution in [3.63, 3.8) is 0 Å². The van der Waals surface area contributed by atoms with Crippen LogP contribution in [0, 0.1) is 13.8 Å². The van der Waals surface area contributed by atoms with Crippen LogP contribution in [0.5, 0.6) is 0 Å². The summed E-state index contributed by atoms with van der Waals surface area (Å²) in [5.41, 5.74) is 1.55. The molecule has 2 N–H and O–H groups in total. The third kappa shape index (κ3) is 1.77. The van der Waals surface area contributed by atoms with E-state index in [2.05, 4.69) is 15.0 Å². The molecule has 2 aromatic heterocycles. The van der Waals surface area contributed by atoms with Gasteiger partial charge >= 0.3 is 5.69 Å². The lowest BCUT2D eigenvalue weighted by molar-refractivity contribution is 1.00. The average Bonchev–Trinajstić information content (AvgIpc) is 2.66. The molecule has 1 aromatic carbocycles. The quantitative estimate of drug-likeness (QED) is 0.681. The third-order valence-corrected chi connectivity index (χ3v) is 2.96. The Labute approximate surface area is 107 Å². The van der Waals surface area contributed by atoms with Gasteiger partial charge in [-0.25, -0.2) is 9.78 Å². The minimum atomic E-state index is -0.373. The van der Waals surface area contributed by atoms with Gasteiger partial charge in [0, 0.05) is 0 Å². The molecule has 2 heterocycles. The number of rotatable bonds is 1. The predicted molar refractivity (Wildman–Crippen MR) is 71.8 cm³/mol. The highest BCUT2D eigenvalue weighted by atomic mass is 16.2. The van der Waals surface area contributed by atoms with Crippen LogP contribution in [-0.2, 0) is 0 Å². The smallest absolute Gasteiger partial charge is 0.309 e. The van der Waals surface area contributed by atoms with Crippen LogP contribution >= 0.6 is 0 Å². The first-order valence-corrected chi connectivity index (χ1v) is 5.85. The van der Waals surface area contributed by atoms with Gasteiger partial charge in [-0.3, -0.25) is 14.3 Å². The van der Waals surface area contributed by atoms with Gasteiger partial charge in [-0.1, -0.05) is 17.7 Å². The number of aryl methyl sites for hydroxylation is 2. The van der Waals surface area contributed by atoms with Crippen LogP contribution in [0.1, 0.15) is 11.4 Å². The minimum Gasteiger partial charge on any atom is -0.309 e. The van der Waals surface area contributed by atoms with Crippen LogP contribution < -0.4 is 11.2 Å². The second-order valence-electron chi connectivity index (χ2n) is 4.45. The predicted octanol–water partition coefficient (Wildman–Crippen LogP) is 1.02. The van der Waals surface area contributed by atoms with Crippen LogP contribution in [0.2, 0.25) is 0 Å². The van der Waals surface area contributed by atoms with E-state index in [1.807, 2.05) is 19.1 Å². The summed E-state index contributed by atoms with van der Waals surface area (Å²) in [5, 5.41) is 0. The Morgan fingerprint density at radius 3 is 2.42 bits per heavy atom. The molecule has 19 heavy (non-hydrogen) atoms. The van der Waals surface area contributed by atoms with E-state index in [1.165, 1.54) is 4.57 Å². The fourth-order valence-electron chi connectivity index (χ4n) is 2.07. The monoisotopic (exact) mass is 256 g/mol. The van der Waals surface area contributed by atoms with E-state index in [0.29, 0.717) is 17.2 Å².